The summed E-state index contributed by atoms with van der Waals surface area (Å²) < 4.78 is 5.33. The predicted molar refractivity (Wildman–Crippen MR) is 59.4 cm³/mol. The first-order chi connectivity index (χ1) is 6.94. The minimum absolute atomic E-state index is 0.0462. The summed E-state index contributed by atoms with van der Waals surface area (Å²) in [4.78, 5) is 0. The largest absolute Gasteiger partial charge is 0.491 e. The molecule has 0 bridgehead atoms. The molecular weight excluding hydrogens is 216 g/mol. The zero-order valence-corrected chi connectivity index (χ0v) is 9.58. The lowest BCUT2D eigenvalue weighted by atomic mass is 10.1. The molecule has 0 saturated carbocycles. The van der Waals surface area contributed by atoms with Crippen LogP contribution in [-0.2, 0) is 0 Å². The van der Waals surface area contributed by atoms with Crippen LogP contribution >= 0.6 is 11.6 Å². The van der Waals surface area contributed by atoms with Gasteiger partial charge in [-0.25, -0.2) is 0 Å². The van der Waals surface area contributed by atoms with Crippen molar-refractivity contribution in [3.63, 3.8) is 0 Å². The van der Waals surface area contributed by atoms with Gasteiger partial charge < -0.3 is 14.9 Å². The van der Waals surface area contributed by atoms with Gasteiger partial charge in [0.05, 0.1) is 6.61 Å². The van der Waals surface area contributed by atoms with Gasteiger partial charge in [0, 0.05) is 5.02 Å². The zero-order valence-electron chi connectivity index (χ0n) is 8.83. The fourth-order valence-electron chi connectivity index (χ4n) is 0.991. The fourth-order valence-corrected chi connectivity index (χ4v) is 1.11. The number of halogens is 1. The van der Waals surface area contributed by atoms with E-state index in [1.807, 2.05) is 6.92 Å². The fraction of sp³-hybridized carbons (Fsp3) is 0.455. The molecule has 15 heavy (non-hydrogen) atoms. The summed E-state index contributed by atoms with van der Waals surface area (Å²) in [5, 5.41) is 19.0. The molecule has 0 amide bonds. The standard InChI is InChI=1S/C11H15ClO3/c1-8-5-9(3-4-10(8)12)15-7-11(2,14)6-13/h3-5,13-14H,6-7H2,1-2H3. The quantitative estimate of drug-likeness (QED) is 0.829. The lowest BCUT2D eigenvalue weighted by Gasteiger charge is -2.20. The van der Waals surface area contributed by atoms with Crippen molar-refractivity contribution in [2.24, 2.45) is 0 Å². The molecule has 0 aliphatic heterocycles. The number of ether oxygens (including phenoxy) is 1. The van der Waals surface area contributed by atoms with Crippen molar-refractivity contribution in [3.05, 3.63) is 28.8 Å². The van der Waals surface area contributed by atoms with Gasteiger partial charge in [-0.1, -0.05) is 11.6 Å². The maximum atomic E-state index is 9.51. The van der Waals surface area contributed by atoms with Crippen LogP contribution in [0.25, 0.3) is 0 Å². The molecule has 2 N–H and O–H groups in total. The third-order valence-corrected chi connectivity index (χ3v) is 2.44. The molecule has 0 fully saturated rings. The molecule has 0 aliphatic rings. The van der Waals surface area contributed by atoms with Gasteiger partial charge in [-0.3, -0.25) is 0 Å². The Labute approximate surface area is 94.3 Å². The van der Waals surface area contributed by atoms with E-state index in [0.29, 0.717) is 10.8 Å². The van der Waals surface area contributed by atoms with E-state index in [0.717, 1.165) is 5.56 Å². The number of rotatable bonds is 4. The second-order valence-corrected chi connectivity index (χ2v) is 4.26. The van der Waals surface area contributed by atoms with Gasteiger partial charge in [0.2, 0.25) is 0 Å². The van der Waals surface area contributed by atoms with Crippen LogP contribution in [0.2, 0.25) is 5.02 Å². The Kier molecular flexibility index (Phi) is 3.97. The third-order valence-electron chi connectivity index (χ3n) is 2.02. The highest BCUT2D eigenvalue weighted by Crippen LogP contribution is 2.21. The molecule has 0 heterocycles. The SMILES string of the molecule is Cc1cc(OCC(C)(O)CO)ccc1Cl. The number of hydrogen-bond donors (Lipinski definition) is 2. The van der Waals surface area contributed by atoms with E-state index < -0.39 is 5.60 Å². The maximum absolute atomic E-state index is 9.51. The van der Waals surface area contributed by atoms with Crippen molar-refractivity contribution in [3.8, 4) is 5.75 Å². The smallest absolute Gasteiger partial charge is 0.119 e. The normalized spacial score (nSPS) is 14.7. The highest BCUT2D eigenvalue weighted by molar-refractivity contribution is 6.31. The number of aliphatic hydroxyl groups excluding tert-OH is 1. The topological polar surface area (TPSA) is 49.7 Å². The average molecular weight is 231 g/mol. The Hall–Kier alpha value is -0.770. The molecule has 1 atom stereocenters. The zero-order chi connectivity index (χ0) is 11.5. The van der Waals surface area contributed by atoms with Crippen LogP contribution in [0, 0.1) is 6.92 Å². The first kappa shape index (κ1) is 12.3. The molecule has 1 aromatic carbocycles. The van der Waals surface area contributed by atoms with Gasteiger partial charge in [0.15, 0.2) is 0 Å². The lowest BCUT2D eigenvalue weighted by Crippen LogP contribution is -2.36. The van der Waals surface area contributed by atoms with Crippen LogP contribution in [0.1, 0.15) is 12.5 Å². The minimum Gasteiger partial charge on any atom is -0.491 e. The van der Waals surface area contributed by atoms with E-state index in [-0.39, 0.29) is 13.2 Å². The molecule has 1 rings (SSSR count). The van der Waals surface area contributed by atoms with E-state index in [2.05, 4.69) is 0 Å². The Balaban J connectivity index is 2.62. The third kappa shape index (κ3) is 3.70. The Bertz CT molecular complexity index is 337. The highest BCUT2D eigenvalue weighted by atomic mass is 35.5. The molecule has 0 spiro atoms. The minimum atomic E-state index is -1.21. The van der Waals surface area contributed by atoms with Crippen LogP contribution in [0.15, 0.2) is 18.2 Å². The molecular formula is C11H15ClO3. The van der Waals surface area contributed by atoms with E-state index in [9.17, 15) is 5.11 Å². The first-order valence-corrected chi connectivity index (χ1v) is 5.04. The molecule has 3 nitrogen and oxygen atoms in total. The summed E-state index contributed by atoms with van der Waals surface area (Å²) in [7, 11) is 0. The van der Waals surface area contributed by atoms with Gasteiger partial charge in [0.1, 0.15) is 18.0 Å². The van der Waals surface area contributed by atoms with Crippen LogP contribution in [0.4, 0.5) is 0 Å². The monoisotopic (exact) mass is 230 g/mol. The summed E-state index contributed by atoms with van der Waals surface area (Å²) in [6, 6.07) is 5.25. The summed E-state index contributed by atoms with van der Waals surface area (Å²) in [6.45, 7) is 3.10. The molecule has 1 aromatic rings. The Morgan fingerprint density at radius 3 is 2.67 bits per heavy atom. The van der Waals surface area contributed by atoms with Crippen LogP contribution in [0.3, 0.4) is 0 Å². The number of hydrogen-bond acceptors (Lipinski definition) is 3. The van der Waals surface area contributed by atoms with Gasteiger partial charge in [0.25, 0.3) is 0 Å². The van der Waals surface area contributed by atoms with Crippen molar-refractivity contribution in [1.82, 2.24) is 0 Å². The second-order valence-electron chi connectivity index (χ2n) is 3.85. The van der Waals surface area contributed by atoms with Crippen LogP contribution in [0.5, 0.6) is 5.75 Å². The highest BCUT2D eigenvalue weighted by Gasteiger charge is 2.19. The summed E-state index contributed by atoms with van der Waals surface area (Å²) in [6.07, 6.45) is 0. The van der Waals surface area contributed by atoms with E-state index >= 15 is 0 Å². The molecule has 0 saturated heterocycles. The number of aryl methyl sites for hydroxylation is 1. The van der Waals surface area contributed by atoms with E-state index in [1.54, 1.807) is 18.2 Å². The second kappa shape index (κ2) is 4.84. The van der Waals surface area contributed by atoms with Gasteiger partial charge >= 0.3 is 0 Å². The van der Waals surface area contributed by atoms with Crippen molar-refractivity contribution in [2.75, 3.05) is 13.2 Å². The molecule has 0 aliphatic carbocycles. The molecule has 0 aromatic heterocycles. The number of aliphatic hydroxyl groups is 2. The lowest BCUT2D eigenvalue weighted by molar-refractivity contribution is -0.0325. The predicted octanol–water partition coefficient (Wildman–Crippen LogP) is 1.77. The van der Waals surface area contributed by atoms with E-state index in [1.165, 1.54) is 6.92 Å². The summed E-state index contributed by atoms with van der Waals surface area (Å²) in [5.41, 5.74) is -0.300. The van der Waals surface area contributed by atoms with Crippen LogP contribution < -0.4 is 4.74 Å². The van der Waals surface area contributed by atoms with Crippen molar-refractivity contribution < 1.29 is 14.9 Å². The van der Waals surface area contributed by atoms with Gasteiger partial charge in [-0.2, -0.15) is 0 Å². The first-order valence-electron chi connectivity index (χ1n) is 4.67. The average Bonchev–Trinajstić information content (AvgIpc) is 2.20. The summed E-state index contributed by atoms with van der Waals surface area (Å²) in [5.74, 6) is 0.630. The summed E-state index contributed by atoms with van der Waals surface area (Å²) >= 11 is 5.85. The Morgan fingerprint density at radius 2 is 2.13 bits per heavy atom. The Morgan fingerprint density at radius 1 is 1.47 bits per heavy atom. The maximum Gasteiger partial charge on any atom is 0.119 e. The van der Waals surface area contributed by atoms with Crippen molar-refractivity contribution in [1.29, 1.82) is 0 Å². The number of benzene rings is 1. The van der Waals surface area contributed by atoms with E-state index in [4.69, 9.17) is 21.4 Å². The molecule has 4 heteroatoms. The van der Waals surface area contributed by atoms with Crippen LogP contribution in [-0.4, -0.2) is 29.0 Å². The van der Waals surface area contributed by atoms with Gasteiger partial charge in [-0.05, 0) is 37.6 Å². The molecule has 84 valence electrons. The molecule has 0 radical (unpaired) electrons. The van der Waals surface area contributed by atoms with Gasteiger partial charge in [-0.15, -0.1) is 0 Å². The molecule has 1 unspecified atom stereocenters. The van der Waals surface area contributed by atoms with Crippen molar-refractivity contribution in [2.45, 2.75) is 19.4 Å². The van der Waals surface area contributed by atoms with Crippen molar-refractivity contribution >= 4 is 11.6 Å².